The predicted octanol–water partition coefficient (Wildman–Crippen LogP) is 2.27. The normalized spacial score (nSPS) is 23.8. The highest BCUT2D eigenvalue weighted by molar-refractivity contribution is 7.85. The van der Waals surface area contributed by atoms with E-state index >= 15 is 0 Å². The summed E-state index contributed by atoms with van der Waals surface area (Å²) in [5.74, 6) is 0.904. The molecule has 5 heteroatoms. The van der Waals surface area contributed by atoms with Crippen LogP contribution in [0.15, 0.2) is 35.2 Å². The second kappa shape index (κ2) is 8.06. The van der Waals surface area contributed by atoms with Crippen molar-refractivity contribution in [1.29, 1.82) is 0 Å². The van der Waals surface area contributed by atoms with Crippen molar-refractivity contribution in [3.8, 4) is 0 Å². The summed E-state index contributed by atoms with van der Waals surface area (Å²) < 4.78 is 12.4. The molecular weight excluding hydrogens is 308 g/mol. The van der Waals surface area contributed by atoms with Crippen molar-refractivity contribution >= 4 is 16.7 Å². The molecule has 3 rings (SSSR count). The fourth-order valence-corrected chi connectivity index (χ4v) is 4.67. The lowest BCUT2D eigenvalue weighted by atomic mass is 10.0. The Morgan fingerprint density at radius 2 is 1.74 bits per heavy atom. The number of carbonyl (C=O) groups excluding carboxylic acids is 1. The van der Waals surface area contributed by atoms with Crippen molar-refractivity contribution in [3.05, 3.63) is 30.3 Å². The Bertz CT molecular complexity index is 543. The molecule has 0 radical (unpaired) electrons. The number of nitrogens with zero attached hydrogens (tertiary/aromatic N) is 2. The van der Waals surface area contributed by atoms with E-state index in [2.05, 4.69) is 4.90 Å². The second-order valence-electron chi connectivity index (χ2n) is 6.44. The van der Waals surface area contributed by atoms with Gasteiger partial charge in [-0.15, -0.1) is 0 Å². The maximum absolute atomic E-state index is 12.7. The van der Waals surface area contributed by atoms with Gasteiger partial charge in [-0.2, -0.15) is 0 Å². The molecule has 2 saturated heterocycles. The third kappa shape index (κ3) is 4.21. The molecule has 0 spiro atoms. The van der Waals surface area contributed by atoms with Crippen LogP contribution in [0.3, 0.4) is 0 Å². The highest BCUT2D eigenvalue weighted by Crippen LogP contribution is 2.21. The molecule has 0 N–H and O–H groups in total. The van der Waals surface area contributed by atoms with Gasteiger partial charge in [-0.3, -0.25) is 13.9 Å². The van der Waals surface area contributed by atoms with E-state index < -0.39 is 10.8 Å². The van der Waals surface area contributed by atoms with Gasteiger partial charge in [0.15, 0.2) is 0 Å². The van der Waals surface area contributed by atoms with Gasteiger partial charge >= 0.3 is 0 Å². The summed E-state index contributed by atoms with van der Waals surface area (Å²) in [6.45, 7) is 3.53. The average molecular weight is 334 g/mol. The van der Waals surface area contributed by atoms with Gasteiger partial charge < -0.3 is 4.90 Å². The molecule has 1 aromatic carbocycles. The van der Waals surface area contributed by atoms with E-state index in [1.54, 1.807) is 0 Å². The first-order valence-electron chi connectivity index (χ1n) is 8.72. The molecule has 126 valence electrons. The highest BCUT2D eigenvalue weighted by atomic mass is 32.2. The maximum Gasteiger partial charge on any atom is 0.239 e. The van der Waals surface area contributed by atoms with Crippen LogP contribution in [-0.2, 0) is 15.6 Å². The number of likely N-dealkylation sites (tertiary alicyclic amines) is 2. The molecule has 2 heterocycles. The van der Waals surface area contributed by atoms with Crippen molar-refractivity contribution in [2.45, 2.75) is 43.0 Å². The largest absolute Gasteiger partial charge is 0.341 e. The van der Waals surface area contributed by atoms with Gasteiger partial charge in [-0.05, 0) is 44.4 Å². The Morgan fingerprint density at radius 3 is 2.48 bits per heavy atom. The Kier molecular flexibility index (Phi) is 5.84. The summed E-state index contributed by atoms with van der Waals surface area (Å²) in [7, 11) is -0.982. The summed E-state index contributed by atoms with van der Waals surface area (Å²) in [6, 6.07) is 9.63. The molecule has 0 aromatic heterocycles. The summed E-state index contributed by atoms with van der Waals surface area (Å²) in [6.07, 6.45) is 5.49. The molecule has 0 unspecified atom stereocenters. The molecule has 0 bridgehead atoms. The zero-order valence-electron chi connectivity index (χ0n) is 13.7. The van der Waals surface area contributed by atoms with E-state index in [0.29, 0.717) is 11.7 Å². The number of hydrogen-bond acceptors (Lipinski definition) is 3. The predicted molar refractivity (Wildman–Crippen MR) is 92.7 cm³/mol. The third-order valence-electron chi connectivity index (χ3n) is 4.89. The number of piperidine rings is 1. The first kappa shape index (κ1) is 16.7. The Balaban J connectivity index is 1.58. The molecule has 0 saturated carbocycles. The first-order chi connectivity index (χ1) is 11.3. The quantitative estimate of drug-likeness (QED) is 0.829. The van der Waals surface area contributed by atoms with Crippen LogP contribution in [0, 0.1) is 0 Å². The monoisotopic (exact) mass is 334 g/mol. The van der Waals surface area contributed by atoms with Gasteiger partial charge in [0.05, 0.1) is 16.8 Å². The number of carbonyl (C=O) groups is 1. The maximum atomic E-state index is 12.7. The number of rotatable bonds is 5. The van der Waals surface area contributed by atoms with Crippen molar-refractivity contribution < 1.29 is 9.00 Å². The number of amides is 1. The zero-order chi connectivity index (χ0) is 16.1. The molecule has 23 heavy (non-hydrogen) atoms. The van der Waals surface area contributed by atoms with Crippen LogP contribution in [-0.4, -0.2) is 57.9 Å². The van der Waals surface area contributed by atoms with E-state index in [1.807, 2.05) is 35.2 Å². The Hall–Kier alpha value is -1.20. The fraction of sp³-hybridized carbons (Fsp3) is 0.611. The minimum atomic E-state index is -0.982. The van der Waals surface area contributed by atoms with E-state index in [-0.39, 0.29) is 6.04 Å². The van der Waals surface area contributed by atoms with Gasteiger partial charge in [0.25, 0.3) is 0 Å². The summed E-state index contributed by atoms with van der Waals surface area (Å²) in [5.41, 5.74) is 0. The van der Waals surface area contributed by atoms with Crippen LogP contribution >= 0.6 is 0 Å². The Labute approximate surface area is 141 Å². The van der Waals surface area contributed by atoms with Crippen LogP contribution in [0.1, 0.15) is 32.1 Å². The molecule has 1 aromatic rings. The lowest BCUT2D eigenvalue weighted by Gasteiger charge is -2.36. The summed E-state index contributed by atoms with van der Waals surface area (Å²) in [4.78, 5) is 17.9. The van der Waals surface area contributed by atoms with Crippen LogP contribution in [0.2, 0.25) is 0 Å². The lowest BCUT2D eigenvalue weighted by Crippen LogP contribution is -2.51. The standard InChI is InChI=1S/C18H26N2O2S/c21-18(20-12-6-7-13-20)17-10-4-5-11-19(17)14-15-23(22)16-8-2-1-3-9-16/h1-3,8-9,17H,4-7,10-15H2/t17-,23+/m1/s1. The van der Waals surface area contributed by atoms with Gasteiger partial charge in [0, 0.05) is 30.3 Å². The van der Waals surface area contributed by atoms with Gasteiger partial charge in [-0.25, -0.2) is 0 Å². The number of hydrogen-bond donors (Lipinski definition) is 0. The Morgan fingerprint density at radius 1 is 1.04 bits per heavy atom. The van der Waals surface area contributed by atoms with Crippen molar-refractivity contribution in [2.24, 2.45) is 0 Å². The topological polar surface area (TPSA) is 40.6 Å². The molecular formula is C18H26N2O2S. The molecule has 2 aliphatic rings. The smallest absolute Gasteiger partial charge is 0.239 e. The molecule has 1 amide bonds. The molecule has 4 nitrogen and oxygen atoms in total. The van der Waals surface area contributed by atoms with Crippen LogP contribution < -0.4 is 0 Å². The van der Waals surface area contributed by atoms with Gasteiger partial charge in [-0.1, -0.05) is 24.6 Å². The van der Waals surface area contributed by atoms with E-state index in [9.17, 15) is 9.00 Å². The summed E-state index contributed by atoms with van der Waals surface area (Å²) >= 11 is 0. The van der Waals surface area contributed by atoms with Gasteiger partial charge in [0.2, 0.25) is 5.91 Å². The fourth-order valence-electron chi connectivity index (χ4n) is 3.58. The average Bonchev–Trinajstić information content (AvgIpc) is 3.15. The van der Waals surface area contributed by atoms with Crippen molar-refractivity contribution in [2.75, 3.05) is 31.9 Å². The van der Waals surface area contributed by atoms with E-state index in [4.69, 9.17) is 0 Å². The number of benzene rings is 1. The second-order valence-corrected chi connectivity index (χ2v) is 8.01. The van der Waals surface area contributed by atoms with Gasteiger partial charge in [0.1, 0.15) is 0 Å². The van der Waals surface area contributed by atoms with Crippen molar-refractivity contribution in [3.63, 3.8) is 0 Å². The minimum absolute atomic E-state index is 0.00891. The lowest BCUT2D eigenvalue weighted by molar-refractivity contribution is -0.137. The van der Waals surface area contributed by atoms with E-state index in [1.165, 1.54) is 0 Å². The third-order valence-corrected chi connectivity index (χ3v) is 6.24. The van der Waals surface area contributed by atoms with E-state index in [0.717, 1.165) is 63.2 Å². The molecule has 0 aliphatic carbocycles. The first-order valence-corrected chi connectivity index (χ1v) is 10.0. The SMILES string of the molecule is O=C([C@H]1CCCCN1CC[S@](=O)c1ccccc1)N1CCCC1. The molecule has 2 fully saturated rings. The molecule has 2 atom stereocenters. The van der Waals surface area contributed by atoms with Crippen LogP contribution in [0.4, 0.5) is 0 Å². The highest BCUT2D eigenvalue weighted by Gasteiger charge is 2.32. The summed E-state index contributed by atoms with van der Waals surface area (Å²) in [5, 5.41) is 0. The van der Waals surface area contributed by atoms with Crippen molar-refractivity contribution in [1.82, 2.24) is 9.80 Å². The van der Waals surface area contributed by atoms with Crippen LogP contribution in [0.25, 0.3) is 0 Å². The minimum Gasteiger partial charge on any atom is -0.341 e. The molecule has 2 aliphatic heterocycles. The zero-order valence-corrected chi connectivity index (χ0v) is 14.5. The van der Waals surface area contributed by atoms with Crippen LogP contribution in [0.5, 0.6) is 0 Å².